The smallest absolute Gasteiger partial charge is 0.261 e. The molecule has 148 valence electrons. The third-order valence-electron chi connectivity index (χ3n) is 5.32. The average Bonchev–Trinajstić information content (AvgIpc) is 3.24. The molecule has 0 spiro atoms. The Kier molecular flexibility index (Phi) is 6.55. The molecule has 2 saturated heterocycles. The zero-order chi connectivity index (χ0) is 19.2. The number of likely N-dealkylation sites (tertiary alicyclic amines) is 1. The SMILES string of the molecule is COc1cccc(OC)c1C(=O)N1CCC(C(=O)NC[C@@H]2CCCO2)CC1. The number of ether oxygens (including phenoxy) is 3. The van der Waals surface area contributed by atoms with E-state index >= 15 is 0 Å². The fourth-order valence-electron chi connectivity index (χ4n) is 3.73. The molecule has 2 aliphatic rings. The highest BCUT2D eigenvalue weighted by Gasteiger charge is 2.30. The van der Waals surface area contributed by atoms with Crippen LogP contribution >= 0.6 is 0 Å². The zero-order valence-corrected chi connectivity index (χ0v) is 16.0. The number of benzene rings is 1. The molecule has 2 amide bonds. The summed E-state index contributed by atoms with van der Waals surface area (Å²) in [4.78, 5) is 27.1. The lowest BCUT2D eigenvalue weighted by molar-refractivity contribution is -0.126. The van der Waals surface area contributed by atoms with Gasteiger partial charge in [-0.3, -0.25) is 9.59 Å². The van der Waals surface area contributed by atoms with Gasteiger partial charge in [0.2, 0.25) is 5.91 Å². The second-order valence-corrected chi connectivity index (χ2v) is 6.98. The molecule has 2 fully saturated rings. The van der Waals surface area contributed by atoms with E-state index in [-0.39, 0.29) is 23.8 Å². The van der Waals surface area contributed by atoms with Crippen LogP contribution in [0.15, 0.2) is 18.2 Å². The van der Waals surface area contributed by atoms with E-state index in [1.807, 2.05) is 0 Å². The van der Waals surface area contributed by atoms with Crippen molar-refractivity contribution < 1.29 is 23.8 Å². The standard InChI is InChI=1S/C20H28N2O5/c1-25-16-6-3-7-17(26-2)18(16)20(24)22-10-8-14(9-11-22)19(23)21-13-15-5-4-12-27-15/h3,6-7,14-15H,4-5,8-13H2,1-2H3,(H,21,23)/t15-/m0/s1. The Hall–Kier alpha value is -2.28. The van der Waals surface area contributed by atoms with Crippen molar-refractivity contribution in [2.75, 3.05) is 40.5 Å². The minimum Gasteiger partial charge on any atom is -0.496 e. The molecule has 0 aliphatic carbocycles. The molecule has 1 aromatic rings. The first-order valence-corrected chi connectivity index (χ1v) is 9.53. The van der Waals surface area contributed by atoms with Crippen LogP contribution in [0.2, 0.25) is 0 Å². The number of rotatable bonds is 6. The van der Waals surface area contributed by atoms with Crippen LogP contribution in [0.1, 0.15) is 36.0 Å². The van der Waals surface area contributed by atoms with Crippen LogP contribution in [0.25, 0.3) is 0 Å². The summed E-state index contributed by atoms with van der Waals surface area (Å²) in [6, 6.07) is 5.29. The maximum Gasteiger partial charge on any atom is 0.261 e. The normalized spacial score (nSPS) is 20.4. The lowest BCUT2D eigenvalue weighted by atomic mass is 9.95. The summed E-state index contributed by atoms with van der Waals surface area (Å²) in [6.45, 7) is 2.44. The largest absolute Gasteiger partial charge is 0.496 e. The molecule has 27 heavy (non-hydrogen) atoms. The molecule has 1 aromatic carbocycles. The number of hydrogen-bond donors (Lipinski definition) is 1. The van der Waals surface area contributed by atoms with Crippen molar-refractivity contribution in [1.82, 2.24) is 10.2 Å². The van der Waals surface area contributed by atoms with Gasteiger partial charge in [0.05, 0.1) is 20.3 Å². The maximum atomic E-state index is 13.0. The molecule has 7 nitrogen and oxygen atoms in total. The van der Waals surface area contributed by atoms with Crippen molar-refractivity contribution in [3.05, 3.63) is 23.8 Å². The van der Waals surface area contributed by atoms with Crippen molar-refractivity contribution >= 4 is 11.8 Å². The fraction of sp³-hybridized carbons (Fsp3) is 0.600. The quantitative estimate of drug-likeness (QED) is 0.820. The topological polar surface area (TPSA) is 77.1 Å². The molecular formula is C20H28N2O5. The van der Waals surface area contributed by atoms with Crippen LogP contribution in [-0.2, 0) is 9.53 Å². The van der Waals surface area contributed by atoms with Gasteiger partial charge < -0.3 is 24.4 Å². The number of methoxy groups -OCH3 is 2. The molecule has 0 bridgehead atoms. The predicted molar refractivity (Wildman–Crippen MR) is 100 cm³/mol. The van der Waals surface area contributed by atoms with E-state index in [2.05, 4.69) is 5.32 Å². The van der Waals surface area contributed by atoms with Gasteiger partial charge in [-0.2, -0.15) is 0 Å². The van der Waals surface area contributed by atoms with Crippen LogP contribution < -0.4 is 14.8 Å². The number of amides is 2. The van der Waals surface area contributed by atoms with Gasteiger partial charge in [-0.25, -0.2) is 0 Å². The number of nitrogens with zero attached hydrogens (tertiary/aromatic N) is 1. The Morgan fingerprint density at radius 2 is 1.81 bits per heavy atom. The summed E-state index contributed by atoms with van der Waals surface area (Å²) in [7, 11) is 3.08. The van der Waals surface area contributed by atoms with Gasteiger partial charge in [0.15, 0.2) is 0 Å². The highest BCUT2D eigenvalue weighted by Crippen LogP contribution is 2.31. The number of piperidine rings is 1. The number of carbonyl (C=O) groups excluding carboxylic acids is 2. The van der Waals surface area contributed by atoms with E-state index < -0.39 is 0 Å². The van der Waals surface area contributed by atoms with Crippen molar-refractivity contribution in [3.63, 3.8) is 0 Å². The molecule has 0 radical (unpaired) electrons. The summed E-state index contributed by atoms with van der Waals surface area (Å²) >= 11 is 0. The molecule has 0 aromatic heterocycles. The highest BCUT2D eigenvalue weighted by atomic mass is 16.5. The van der Waals surface area contributed by atoms with Crippen LogP contribution in [-0.4, -0.2) is 63.3 Å². The number of hydrogen-bond acceptors (Lipinski definition) is 5. The monoisotopic (exact) mass is 376 g/mol. The first-order chi connectivity index (χ1) is 13.1. The third kappa shape index (κ3) is 4.53. The molecule has 2 heterocycles. The molecule has 0 saturated carbocycles. The zero-order valence-electron chi connectivity index (χ0n) is 16.0. The average molecular weight is 376 g/mol. The molecule has 1 N–H and O–H groups in total. The number of carbonyl (C=O) groups is 2. The maximum absolute atomic E-state index is 13.0. The second-order valence-electron chi connectivity index (χ2n) is 6.98. The van der Waals surface area contributed by atoms with E-state index in [1.54, 1.807) is 23.1 Å². The predicted octanol–water partition coefficient (Wildman–Crippen LogP) is 1.85. The van der Waals surface area contributed by atoms with Crippen molar-refractivity contribution in [2.24, 2.45) is 5.92 Å². The van der Waals surface area contributed by atoms with Crippen LogP contribution in [0.3, 0.4) is 0 Å². The van der Waals surface area contributed by atoms with Crippen molar-refractivity contribution in [3.8, 4) is 11.5 Å². The summed E-state index contributed by atoms with van der Waals surface area (Å²) in [5.41, 5.74) is 0.434. The first-order valence-electron chi connectivity index (χ1n) is 9.53. The van der Waals surface area contributed by atoms with Crippen LogP contribution in [0.5, 0.6) is 11.5 Å². The molecule has 1 atom stereocenters. The lowest BCUT2D eigenvalue weighted by Crippen LogP contribution is -2.44. The second kappa shape index (κ2) is 9.08. The Labute approximate surface area is 160 Å². The van der Waals surface area contributed by atoms with Gasteiger partial charge >= 0.3 is 0 Å². The Morgan fingerprint density at radius 3 is 2.37 bits per heavy atom. The van der Waals surface area contributed by atoms with E-state index in [4.69, 9.17) is 14.2 Å². The minimum atomic E-state index is -0.123. The van der Waals surface area contributed by atoms with Gasteiger partial charge in [-0.1, -0.05) is 6.07 Å². The molecule has 2 aliphatic heterocycles. The Morgan fingerprint density at radius 1 is 1.15 bits per heavy atom. The van der Waals surface area contributed by atoms with Crippen molar-refractivity contribution in [2.45, 2.75) is 31.8 Å². The Balaban J connectivity index is 1.56. The van der Waals surface area contributed by atoms with Crippen LogP contribution in [0, 0.1) is 5.92 Å². The van der Waals surface area contributed by atoms with Crippen LogP contribution in [0.4, 0.5) is 0 Å². The summed E-state index contributed by atoms with van der Waals surface area (Å²) in [5.74, 6) is 0.872. The van der Waals surface area contributed by atoms with Gasteiger partial charge in [0.1, 0.15) is 17.1 Å². The van der Waals surface area contributed by atoms with Gasteiger partial charge in [-0.05, 0) is 37.8 Å². The summed E-state index contributed by atoms with van der Waals surface area (Å²) in [6.07, 6.45) is 3.52. The number of nitrogens with one attached hydrogen (secondary N) is 1. The van der Waals surface area contributed by atoms with E-state index in [0.717, 1.165) is 19.4 Å². The first kappa shape index (κ1) is 19.5. The Bertz CT molecular complexity index is 642. The highest BCUT2D eigenvalue weighted by molar-refractivity contribution is 5.99. The summed E-state index contributed by atoms with van der Waals surface area (Å²) in [5, 5.41) is 3.00. The van der Waals surface area contributed by atoms with Gasteiger partial charge in [0, 0.05) is 32.2 Å². The third-order valence-corrected chi connectivity index (χ3v) is 5.32. The van der Waals surface area contributed by atoms with Gasteiger partial charge in [0.25, 0.3) is 5.91 Å². The van der Waals surface area contributed by atoms with Gasteiger partial charge in [-0.15, -0.1) is 0 Å². The molecule has 3 rings (SSSR count). The summed E-state index contributed by atoms with van der Waals surface area (Å²) < 4.78 is 16.2. The van der Waals surface area contributed by atoms with Crippen molar-refractivity contribution in [1.29, 1.82) is 0 Å². The van der Waals surface area contributed by atoms with E-state index in [0.29, 0.717) is 49.5 Å². The fourth-order valence-corrected chi connectivity index (χ4v) is 3.73. The van der Waals surface area contributed by atoms with E-state index in [9.17, 15) is 9.59 Å². The minimum absolute atomic E-state index is 0.0602. The lowest BCUT2D eigenvalue weighted by Gasteiger charge is -2.32. The molecule has 7 heteroatoms. The van der Waals surface area contributed by atoms with E-state index in [1.165, 1.54) is 14.2 Å². The molecule has 0 unspecified atom stereocenters. The molecular weight excluding hydrogens is 348 g/mol.